The first kappa shape index (κ1) is 11.9. The van der Waals surface area contributed by atoms with Gasteiger partial charge in [0.15, 0.2) is 17.8 Å². The third-order valence-corrected chi connectivity index (χ3v) is 4.00. The van der Waals surface area contributed by atoms with E-state index in [0.717, 1.165) is 5.56 Å². The summed E-state index contributed by atoms with van der Waals surface area (Å²) in [5.74, 6) is -3.41. The molecule has 0 radical (unpaired) electrons. The zero-order valence-electron chi connectivity index (χ0n) is 10.5. The second kappa shape index (κ2) is 3.84. The quantitative estimate of drug-likeness (QED) is 0.843. The summed E-state index contributed by atoms with van der Waals surface area (Å²) in [4.78, 5) is 4.00. The maximum Gasteiger partial charge on any atom is 0.259 e. The summed E-state index contributed by atoms with van der Waals surface area (Å²) in [5.41, 5.74) is 0.924. The fraction of sp³-hybridized carbons (Fsp3) is 0.429. The van der Waals surface area contributed by atoms with Crippen molar-refractivity contribution in [3.8, 4) is 0 Å². The lowest BCUT2D eigenvalue weighted by atomic mass is 10.0. The number of rotatable bonds is 2. The summed E-state index contributed by atoms with van der Waals surface area (Å²) >= 11 is 0. The van der Waals surface area contributed by atoms with E-state index in [1.165, 1.54) is 4.68 Å². The number of benzene rings is 1. The van der Waals surface area contributed by atoms with Crippen LogP contribution in [0.25, 0.3) is 0 Å². The number of hydrogen-bond donors (Lipinski definition) is 0. The molecule has 1 fully saturated rings. The number of aromatic nitrogens is 3. The highest BCUT2D eigenvalue weighted by Gasteiger charge is 2.60. The van der Waals surface area contributed by atoms with Gasteiger partial charge in [-0.3, -0.25) is 0 Å². The Kier molecular flexibility index (Phi) is 2.29. The summed E-state index contributed by atoms with van der Waals surface area (Å²) < 4.78 is 41.7. The fourth-order valence-electron chi connectivity index (χ4n) is 2.79. The molecule has 1 aromatic carbocycles. The van der Waals surface area contributed by atoms with Gasteiger partial charge in [-0.2, -0.15) is 5.10 Å². The SMILES string of the molecule is FC1CC(c2ccccc2)n2nc(C3CC3(F)F)nc21. The molecule has 0 amide bonds. The highest BCUT2D eigenvalue weighted by molar-refractivity contribution is 5.25. The molecule has 6 heteroatoms. The molecule has 2 heterocycles. The van der Waals surface area contributed by atoms with Crippen molar-refractivity contribution in [3.05, 3.63) is 47.5 Å². The van der Waals surface area contributed by atoms with Crippen LogP contribution in [0.5, 0.6) is 0 Å². The third kappa shape index (κ3) is 1.67. The lowest BCUT2D eigenvalue weighted by Crippen LogP contribution is -2.08. The van der Waals surface area contributed by atoms with Gasteiger partial charge in [0, 0.05) is 12.8 Å². The minimum absolute atomic E-state index is 0.0771. The first-order chi connectivity index (χ1) is 9.56. The van der Waals surface area contributed by atoms with Crippen LogP contribution in [0.4, 0.5) is 13.2 Å². The summed E-state index contributed by atoms with van der Waals surface area (Å²) in [6, 6.07) is 9.14. The van der Waals surface area contributed by atoms with E-state index in [2.05, 4.69) is 10.1 Å². The number of hydrogen-bond acceptors (Lipinski definition) is 2. The predicted octanol–water partition coefficient (Wildman–Crippen LogP) is 3.40. The molecule has 2 aliphatic rings. The van der Waals surface area contributed by atoms with Crippen molar-refractivity contribution in [1.29, 1.82) is 0 Å². The molecule has 1 aliphatic carbocycles. The van der Waals surface area contributed by atoms with E-state index in [4.69, 9.17) is 0 Å². The molecule has 3 nitrogen and oxygen atoms in total. The Morgan fingerprint density at radius 3 is 2.55 bits per heavy atom. The fourth-order valence-corrected chi connectivity index (χ4v) is 2.79. The Labute approximate surface area is 113 Å². The van der Waals surface area contributed by atoms with E-state index >= 15 is 0 Å². The molecular weight excluding hydrogens is 267 g/mol. The van der Waals surface area contributed by atoms with Gasteiger partial charge in [0.1, 0.15) is 0 Å². The third-order valence-electron chi connectivity index (χ3n) is 4.00. The largest absolute Gasteiger partial charge is 0.259 e. The highest BCUT2D eigenvalue weighted by Crippen LogP contribution is 2.55. The standard InChI is InChI=1S/C14H12F3N3/c15-10-6-11(8-4-2-1-3-5-8)20-13(10)18-12(19-20)9-7-14(9,16)17/h1-5,9-11H,6-7H2. The zero-order valence-corrected chi connectivity index (χ0v) is 10.5. The average molecular weight is 279 g/mol. The van der Waals surface area contributed by atoms with Crippen molar-refractivity contribution in [1.82, 2.24) is 14.8 Å². The molecule has 0 bridgehead atoms. The minimum atomic E-state index is -2.73. The van der Waals surface area contributed by atoms with Crippen LogP contribution >= 0.6 is 0 Å². The second-order valence-electron chi connectivity index (χ2n) is 5.42. The Bertz CT molecular complexity index is 653. The van der Waals surface area contributed by atoms with Gasteiger partial charge >= 0.3 is 0 Å². The van der Waals surface area contributed by atoms with Crippen LogP contribution in [-0.2, 0) is 0 Å². The van der Waals surface area contributed by atoms with E-state index in [-0.39, 0.29) is 30.5 Å². The summed E-state index contributed by atoms with van der Waals surface area (Å²) in [6.07, 6.45) is -1.21. The molecule has 104 valence electrons. The summed E-state index contributed by atoms with van der Waals surface area (Å²) in [6.45, 7) is 0. The monoisotopic (exact) mass is 279 g/mol. The van der Waals surface area contributed by atoms with E-state index in [0.29, 0.717) is 0 Å². The van der Waals surface area contributed by atoms with Gasteiger partial charge in [0.05, 0.1) is 12.0 Å². The van der Waals surface area contributed by atoms with E-state index in [1.807, 2.05) is 30.3 Å². The first-order valence-electron chi connectivity index (χ1n) is 6.59. The van der Waals surface area contributed by atoms with Crippen molar-refractivity contribution in [2.75, 3.05) is 0 Å². The van der Waals surface area contributed by atoms with Crippen molar-refractivity contribution >= 4 is 0 Å². The maximum absolute atomic E-state index is 14.0. The number of halogens is 3. The van der Waals surface area contributed by atoms with Gasteiger partial charge in [-0.15, -0.1) is 0 Å². The molecule has 0 N–H and O–H groups in total. The molecule has 2 aromatic rings. The predicted molar refractivity (Wildman–Crippen MR) is 65.4 cm³/mol. The van der Waals surface area contributed by atoms with E-state index < -0.39 is 18.0 Å². The van der Waals surface area contributed by atoms with Crippen LogP contribution in [0.1, 0.15) is 48.2 Å². The van der Waals surface area contributed by atoms with Gasteiger partial charge in [-0.25, -0.2) is 22.8 Å². The van der Waals surface area contributed by atoms with Crippen LogP contribution in [0.3, 0.4) is 0 Å². The van der Waals surface area contributed by atoms with Crippen LogP contribution in [0.2, 0.25) is 0 Å². The maximum atomic E-state index is 14.0. The van der Waals surface area contributed by atoms with Gasteiger partial charge in [0.25, 0.3) is 5.92 Å². The summed E-state index contributed by atoms with van der Waals surface area (Å²) in [5, 5.41) is 4.14. The molecule has 4 rings (SSSR count). The van der Waals surface area contributed by atoms with Gasteiger partial charge < -0.3 is 0 Å². The molecule has 1 aliphatic heterocycles. The topological polar surface area (TPSA) is 30.7 Å². The Morgan fingerprint density at radius 2 is 1.90 bits per heavy atom. The smallest absolute Gasteiger partial charge is 0.239 e. The van der Waals surface area contributed by atoms with Gasteiger partial charge in [-0.05, 0) is 5.56 Å². The van der Waals surface area contributed by atoms with Crippen LogP contribution < -0.4 is 0 Å². The molecule has 1 aromatic heterocycles. The van der Waals surface area contributed by atoms with Gasteiger partial charge in [0.2, 0.25) is 0 Å². The highest BCUT2D eigenvalue weighted by atomic mass is 19.3. The molecular formula is C14H12F3N3. The first-order valence-corrected chi connectivity index (χ1v) is 6.59. The molecule has 3 atom stereocenters. The molecule has 3 unspecified atom stereocenters. The van der Waals surface area contributed by atoms with Crippen molar-refractivity contribution < 1.29 is 13.2 Å². The Hall–Kier alpha value is -1.85. The van der Waals surface area contributed by atoms with Crippen molar-refractivity contribution in [2.24, 2.45) is 0 Å². The second-order valence-corrected chi connectivity index (χ2v) is 5.42. The van der Waals surface area contributed by atoms with E-state index in [1.54, 1.807) is 0 Å². The number of nitrogens with zero attached hydrogens (tertiary/aromatic N) is 3. The Balaban J connectivity index is 1.72. The molecule has 20 heavy (non-hydrogen) atoms. The van der Waals surface area contributed by atoms with Crippen molar-refractivity contribution in [3.63, 3.8) is 0 Å². The molecule has 0 spiro atoms. The normalized spacial score (nSPS) is 30.2. The molecule has 1 saturated carbocycles. The van der Waals surface area contributed by atoms with Crippen LogP contribution in [-0.4, -0.2) is 20.7 Å². The minimum Gasteiger partial charge on any atom is -0.239 e. The zero-order chi connectivity index (χ0) is 13.9. The number of alkyl halides is 3. The van der Waals surface area contributed by atoms with Crippen LogP contribution in [0.15, 0.2) is 30.3 Å². The lowest BCUT2D eigenvalue weighted by molar-refractivity contribution is 0.110. The lowest BCUT2D eigenvalue weighted by Gasteiger charge is -2.11. The molecule has 0 saturated heterocycles. The average Bonchev–Trinajstić information content (AvgIpc) is 2.80. The van der Waals surface area contributed by atoms with Gasteiger partial charge in [-0.1, -0.05) is 30.3 Å². The Morgan fingerprint density at radius 1 is 1.20 bits per heavy atom. The van der Waals surface area contributed by atoms with Crippen molar-refractivity contribution in [2.45, 2.75) is 36.9 Å². The number of fused-ring (bicyclic) bond motifs is 1. The summed E-state index contributed by atoms with van der Waals surface area (Å²) in [7, 11) is 0. The van der Waals surface area contributed by atoms with E-state index in [9.17, 15) is 13.2 Å². The van der Waals surface area contributed by atoms with Crippen LogP contribution in [0, 0.1) is 0 Å².